The van der Waals surface area contributed by atoms with E-state index in [4.69, 9.17) is 5.73 Å². The van der Waals surface area contributed by atoms with Crippen LogP contribution in [-0.4, -0.2) is 42.4 Å². The summed E-state index contributed by atoms with van der Waals surface area (Å²) < 4.78 is 1.11. The Bertz CT molecular complexity index is 841. The molecule has 6 heteroatoms. The minimum Gasteiger partial charge on any atom is -0.365 e. The van der Waals surface area contributed by atoms with E-state index < -0.39 is 0 Å². The van der Waals surface area contributed by atoms with E-state index in [9.17, 15) is 9.59 Å². The van der Waals surface area contributed by atoms with Gasteiger partial charge in [0.2, 0.25) is 5.91 Å². The number of carbonyl (C=O) groups excluding carboxylic acids is 2. The molecule has 27 heavy (non-hydrogen) atoms. The van der Waals surface area contributed by atoms with Crippen LogP contribution in [0.2, 0.25) is 0 Å². The van der Waals surface area contributed by atoms with E-state index in [1.165, 1.54) is 30.6 Å². The zero-order chi connectivity index (χ0) is 18.8. The number of rotatable bonds is 5. The van der Waals surface area contributed by atoms with Crippen LogP contribution in [0, 0.1) is 0 Å². The summed E-state index contributed by atoms with van der Waals surface area (Å²) in [5.74, 6) is 0.0404. The molecule has 2 heterocycles. The molecule has 0 bridgehead atoms. The van der Waals surface area contributed by atoms with E-state index in [1.807, 2.05) is 18.2 Å². The first-order chi connectivity index (χ1) is 13.1. The molecule has 1 aromatic heterocycles. The lowest BCUT2D eigenvalue weighted by Gasteiger charge is -2.24. The molecule has 1 aliphatic heterocycles. The predicted molar refractivity (Wildman–Crippen MR) is 109 cm³/mol. The molecule has 0 unspecified atom stereocenters. The molecule has 0 radical (unpaired) electrons. The van der Waals surface area contributed by atoms with Crippen molar-refractivity contribution in [1.29, 1.82) is 0 Å². The smallest absolute Gasteiger partial charge is 0.259 e. The maximum atomic E-state index is 12.4. The third kappa shape index (κ3) is 4.01. The van der Waals surface area contributed by atoms with Crippen LogP contribution in [0.1, 0.15) is 59.7 Å². The number of fused-ring (bicyclic) bond motifs is 1. The highest BCUT2D eigenvalue weighted by Gasteiger charge is 2.31. The number of hydrogen-bond donors (Lipinski definition) is 2. The fourth-order valence-electron chi connectivity index (χ4n) is 4.59. The second-order valence-electron chi connectivity index (χ2n) is 7.83. The molecule has 5 nitrogen and oxygen atoms in total. The van der Waals surface area contributed by atoms with Crippen LogP contribution in [0.4, 0.5) is 0 Å². The van der Waals surface area contributed by atoms with Gasteiger partial charge in [-0.05, 0) is 42.8 Å². The van der Waals surface area contributed by atoms with Gasteiger partial charge in [-0.1, -0.05) is 37.5 Å². The molecule has 4 rings (SSSR count). The van der Waals surface area contributed by atoms with Crippen molar-refractivity contribution in [3.63, 3.8) is 0 Å². The third-order valence-electron chi connectivity index (χ3n) is 5.88. The SMILES string of the molecule is NC(=O)c1sc2ccccc2c1[C@H]1CCN(CC(=O)NC2CCCCC2)C1. The van der Waals surface area contributed by atoms with Gasteiger partial charge in [-0.15, -0.1) is 11.3 Å². The van der Waals surface area contributed by atoms with Crippen molar-refractivity contribution in [2.45, 2.75) is 50.5 Å². The van der Waals surface area contributed by atoms with Crippen LogP contribution in [0.25, 0.3) is 10.1 Å². The quantitative estimate of drug-likeness (QED) is 0.830. The van der Waals surface area contributed by atoms with E-state index >= 15 is 0 Å². The second-order valence-corrected chi connectivity index (χ2v) is 8.88. The zero-order valence-corrected chi connectivity index (χ0v) is 16.4. The molecule has 2 amide bonds. The van der Waals surface area contributed by atoms with Crippen LogP contribution in [-0.2, 0) is 4.79 Å². The molecule has 2 aromatic rings. The first-order valence-corrected chi connectivity index (χ1v) is 10.8. The van der Waals surface area contributed by atoms with Gasteiger partial charge >= 0.3 is 0 Å². The van der Waals surface area contributed by atoms with Gasteiger partial charge in [0.1, 0.15) is 0 Å². The van der Waals surface area contributed by atoms with Crippen molar-refractivity contribution in [3.05, 3.63) is 34.7 Å². The van der Waals surface area contributed by atoms with Crippen molar-refractivity contribution >= 4 is 33.2 Å². The normalized spacial score (nSPS) is 21.6. The summed E-state index contributed by atoms with van der Waals surface area (Å²) in [6.07, 6.45) is 6.90. The summed E-state index contributed by atoms with van der Waals surface area (Å²) in [5.41, 5.74) is 6.74. The van der Waals surface area contributed by atoms with Gasteiger partial charge in [-0.2, -0.15) is 0 Å². The van der Waals surface area contributed by atoms with Crippen LogP contribution in [0.5, 0.6) is 0 Å². The van der Waals surface area contributed by atoms with Gasteiger partial charge in [0.05, 0.1) is 11.4 Å². The molecule has 144 valence electrons. The van der Waals surface area contributed by atoms with E-state index in [2.05, 4.69) is 16.3 Å². The van der Waals surface area contributed by atoms with Crippen LogP contribution in [0.3, 0.4) is 0 Å². The van der Waals surface area contributed by atoms with E-state index in [0.717, 1.165) is 48.0 Å². The molecule has 2 aliphatic rings. The largest absolute Gasteiger partial charge is 0.365 e. The Morgan fingerprint density at radius 2 is 1.93 bits per heavy atom. The average Bonchev–Trinajstić information content (AvgIpc) is 3.26. The third-order valence-corrected chi connectivity index (χ3v) is 7.08. The minimum atomic E-state index is -0.348. The van der Waals surface area contributed by atoms with Crippen LogP contribution < -0.4 is 11.1 Å². The number of thiophene rings is 1. The van der Waals surface area contributed by atoms with Crippen molar-refractivity contribution in [2.24, 2.45) is 5.73 Å². The Labute approximate surface area is 163 Å². The number of benzene rings is 1. The van der Waals surface area contributed by atoms with Gasteiger partial charge in [-0.3, -0.25) is 14.5 Å². The second kappa shape index (κ2) is 7.98. The van der Waals surface area contributed by atoms with Crippen LogP contribution >= 0.6 is 11.3 Å². The van der Waals surface area contributed by atoms with Gasteiger partial charge in [0, 0.05) is 23.2 Å². The first kappa shape index (κ1) is 18.4. The lowest BCUT2D eigenvalue weighted by atomic mass is 9.95. The number of primary amides is 1. The predicted octanol–water partition coefficient (Wildman–Crippen LogP) is 3.24. The summed E-state index contributed by atoms with van der Waals surface area (Å²) in [4.78, 5) is 27.3. The number of nitrogens with zero attached hydrogens (tertiary/aromatic N) is 1. The standard InChI is InChI=1S/C21H27N3O2S/c22-21(26)20-19(16-8-4-5-9-17(16)27-20)14-10-11-24(12-14)13-18(25)23-15-6-2-1-3-7-15/h4-5,8-9,14-15H,1-3,6-7,10-13H2,(H2,22,26)(H,23,25)/t14-/m0/s1. The van der Waals surface area contributed by atoms with Crippen molar-refractivity contribution in [3.8, 4) is 0 Å². The van der Waals surface area contributed by atoms with Crippen molar-refractivity contribution in [2.75, 3.05) is 19.6 Å². The lowest BCUT2D eigenvalue weighted by Crippen LogP contribution is -2.42. The fourth-order valence-corrected chi connectivity index (χ4v) is 5.73. The molecule has 1 aliphatic carbocycles. The number of hydrogen-bond acceptors (Lipinski definition) is 4. The maximum Gasteiger partial charge on any atom is 0.259 e. The number of carbonyl (C=O) groups is 2. The van der Waals surface area contributed by atoms with Gasteiger partial charge in [0.25, 0.3) is 5.91 Å². The molecule has 1 atom stereocenters. The molecule has 1 saturated heterocycles. The Morgan fingerprint density at radius 3 is 2.70 bits per heavy atom. The Morgan fingerprint density at radius 1 is 1.15 bits per heavy atom. The summed E-state index contributed by atoms with van der Waals surface area (Å²) in [5, 5.41) is 4.34. The zero-order valence-electron chi connectivity index (χ0n) is 15.6. The van der Waals surface area contributed by atoms with Crippen LogP contribution in [0.15, 0.2) is 24.3 Å². The summed E-state index contributed by atoms with van der Waals surface area (Å²) >= 11 is 1.48. The molecule has 2 fully saturated rings. The highest BCUT2D eigenvalue weighted by molar-refractivity contribution is 7.21. The van der Waals surface area contributed by atoms with E-state index in [0.29, 0.717) is 17.5 Å². The summed E-state index contributed by atoms with van der Waals surface area (Å²) in [7, 11) is 0. The number of nitrogens with two attached hydrogens (primary N) is 1. The highest BCUT2D eigenvalue weighted by Crippen LogP contribution is 2.39. The molecular weight excluding hydrogens is 358 g/mol. The number of likely N-dealkylation sites (tertiary alicyclic amines) is 1. The number of amides is 2. The van der Waals surface area contributed by atoms with Gasteiger partial charge in [0.15, 0.2) is 0 Å². The first-order valence-electron chi connectivity index (χ1n) is 9.95. The number of nitrogens with one attached hydrogen (secondary N) is 1. The highest BCUT2D eigenvalue weighted by atomic mass is 32.1. The Kier molecular flexibility index (Phi) is 5.45. The average molecular weight is 386 g/mol. The molecule has 1 aromatic carbocycles. The Hall–Kier alpha value is -1.92. The van der Waals surface area contributed by atoms with Crippen molar-refractivity contribution < 1.29 is 9.59 Å². The topological polar surface area (TPSA) is 75.4 Å². The fraction of sp³-hybridized carbons (Fsp3) is 0.524. The van der Waals surface area contributed by atoms with Gasteiger partial charge in [-0.25, -0.2) is 0 Å². The molecule has 1 saturated carbocycles. The van der Waals surface area contributed by atoms with Gasteiger partial charge < -0.3 is 11.1 Å². The van der Waals surface area contributed by atoms with E-state index in [-0.39, 0.29) is 17.7 Å². The lowest BCUT2D eigenvalue weighted by molar-refractivity contribution is -0.122. The summed E-state index contributed by atoms with van der Waals surface area (Å²) in [6.45, 7) is 2.13. The monoisotopic (exact) mass is 385 g/mol. The van der Waals surface area contributed by atoms with Crippen molar-refractivity contribution in [1.82, 2.24) is 10.2 Å². The molecular formula is C21H27N3O2S. The molecule has 3 N–H and O–H groups in total. The molecule has 0 spiro atoms. The Balaban J connectivity index is 1.43. The summed E-state index contributed by atoms with van der Waals surface area (Å²) in [6, 6.07) is 8.47. The minimum absolute atomic E-state index is 0.132. The maximum absolute atomic E-state index is 12.4. The van der Waals surface area contributed by atoms with E-state index in [1.54, 1.807) is 0 Å².